The predicted molar refractivity (Wildman–Crippen MR) is 150 cm³/mol. The predicted octanol–water partition coefficient (Wildman–Crippen LogP) is 7.20. The Bertz CT molecular complexity index is 529. The number of likely N-dealkylation sites (N-methyl/N-ethyl adjacent to an activating group) is 1. The summed E-state index contributed by atoms with van der Waals surface area (Å²) in [5.41, 5.74) is 0. The highest BCUT2D eigenvalue weighted by molar-refractivity contribution is 5.70. The number of quaternary nitrogens is 1. The van der Waals surface area contributed by atoms with Crippen LogP contribution in [0.25, 0.3) is 0 Å². The molecule has 0 saturated carbocycles. The lowest BCUT2D eigenvalue weighted by molar-refractivity contribution is -0.873. The summed E-state index contributed by atoms with van der Waals surface area (Å²) in [4.78, 5) is 23.1. The zero-order chi connectivity index (χ0) is 27.1. The topological polar surface area (TPSA) is 66.4 Å². The molecule has 0 rings (SSSR count). The molecule has 0 aliphatic rings. The smallest absolute Gasteiger partial charge is 0.306 e. The molecule has 0 bridgehead atoms. The number of ether oxygens (including phenoxy) is 1. The number of hydrogen-bond acceptors (Lipinski definition) is 4. The minimum Gasteiger partial charge on any atom is -0.550 e. The largest absolute Gasteiger partial charge is 0.550 e. The summed E-state index contributed by atoms with van der Waals surface area (Å²) < 4.78 is 5.96. The Balaban J connectivity index is 3.57. The van der Waals surface area contributed by atoms with Gasteiger partial charge in [0.1, 0.15) is 6.54 Å². The second-order valence-electron chi connectivity index (χ2n) is 12.3. The normalized spacial score (nSPS) is 13.5. The van der Waals surface area contributed by atoms with Crippen molar-refractivity contribution in [3.05, 3.63) is 0 Å². The number of carboxylic acids is 1. The lowest BCUT2D eigenvalue weighted by Gasteiger charge is -2.29. The summed E-state index contributed by atoms with van der Waals surface area (Å²) in [5.74, 6) is -0.664. The third kappa shape index (κ3) is 26.0. The standard InChI is InChI=1S/C31H61NO4/c1-6-7-8-9-10-11-12-13-14-15-16-17-20-23-28(2)24-21-18-19-22-25-31(35)36-29(26-30(33)34)27-32(3,4)5/h28-29H,6-27H2,1-5H3. The van der Waals surface area contributed by atoms with Gasteiger partial charge >= 0.3 is 5.97 Å². The van der Waals surface area contributed by atoms with Crippen molar-refractivity contribution < 1.29 is 23.9 Å². The highest BCUT2D eigenvalue weighted by Gasteiger charge is 2.22. The number of esters is 1. The van der Waals surface area contributed by atoms with Crippen LogP contribution in [-0.4, -0.2) is 50.2 Å². The second-order valence-corrected chi connectivity index (χ2v) is 12.3. The Hall–Kier alpha value is -1.10. The number of unbranched alkanes of at least 4 members (excludes halogenated alkanes) is 15. The number of rotatable bonds is 26. The number of carboxylic acid groups (broad SMARTS) is 1. The molecule has 0 aliphatic carbocycles. The van der Waals surface area contributed by atoms with Crippen molar-refractivity contribution in [2.45, 2.75) is 155 Å². The molecule has 0 aromatic carbocycles. The molecule has 0 N–H and O–H groups in total. The highest BCUT2D eigenvalue weighted by Crippen LogP contribution is 2.19. The lowest BCUT2D eigenvalue weighted by atomic mass is 9.96. The molecular weight excluding hydrogens is 450 g/mol. The summed E-state index contributed by atoms with van der Waals surface area (Å²) in [6.45, 7) is 5.13. The Kier molecular flexibility index (Phi) is 22.3. The van der Waals surface area contributed by atoms with Crippen molar-refractivity contribution in [1.29, 1.82) is 0 Å². The van der Waals surface area contributed by atoms with Crippen molar-refractivity contribution in [2.24, 2.45) is 5.92 Å². The van der Waals surface area contributed by atoms with Crippen LogP contribution in [0.15, 0.2) is 0 Å². The maximum Gasteiger partial charge on any atom is 0.306 e. The first-order valence-electron chi connectivity index (χ1n) is 15.3. The molecule has 0 spiro atoms. The van der Waals surface area contributed by atoms with Crippen molar-refractivity contribution in [3.63, 3.8) is 0 Å². The first-order chi connectivity index (χ1) is 17.1. The Morgan fingerprint density at radius 2 is 1.11 bits per heavy atom. The van der Waals surface area contributed by atoms with Crippen LogP contribution in [0, 0.1) is 5.92 Å². The van der Waals surface area contributed by atoms with E-state index in [1.165, 1.54) is 103 Å². The van der Waals surface area contributed by atoms with E-state index in [4.69, 9.17) is 4.74 Å². The zero-order valence-electron chi connectivity index (χ0n) is 24.8. The van der Waals surface area contributed by atoms with Crippen LogP contribution in [0.4, 0.5) is 0 Å². The maximum atomic E-state index is 12.1. The highest BCUT2D eigenvalue weighted by atomic mass is 16.5. The van der Waals surface area contributed by atoms with Crippen molar-refractivity contribution in [1.82, 2.24) is 0 Å². The van der Waals surface area contributed by atoms with Crippen LogP contribution in [0.2, 0.25) is 0 Å². The zero-order valence-corrected chi connectivity index (χ0v) is 24.8. The van der Waals surface area contributed by atoms with E-state index in [2.05, 4.69) is 13.8 Å². The SMILES string of the molecule is CCCCCCCCCCCCCCCC(C)CCCCCCC(=O)OC(CC(=O)[O-])C[N+](C)(C)C. The summed E-state index contributed by atoms with van der Waals surface area (Å²) in [7, 11) is 5.86. The maximum absolute atomic E-state index is 12.1. The van der Waals surface area contributed by atoms with Gasteiger partial charge in [0.25, 0.3) is 0 Å². The van der Waals surface area contributed by atoms with Gasteiger partial charge < -0.3 is 19.1 Å². The molecule has 5 heteroatoms. The van der Waals surface area contributed by atoms with Gasteiger partial charge in [0.2, 0.25) is 0 Å². The molecule has 0 aromatic rings. The molecule has 2 atom stereocenters. The first-order valence-corrected chi connectivity index (χ1v) is 15.3. The fourth-order valence-corrected chi connectivity index (χ4v) is 4.96. The van der Waals surface area contributed by atoms with Crippen LogP contribution >= 0.6 is 0 Å². The van der Waals surface area contributed by atoms with Gasteiger partial charge in [-0.15, -0.1) is 0 Å². The Labute approximate surface area is 224 Å². The minimum absolute atomic E-state index is 0.238. The molecule has 0 aliphatic heterocycles. The molecule has 2 unspecified atom stereocenters. The van der Waals surface area contributed by atoms with E-state index in [0.717, 1.165) is 25.2 Å². The van der Waals surface area contributed by atoms with Crippen molar-refractivity contribution in [3.8, 4) is 0 Å². The Morgan fingerprint density at radius 3 is 1.53 bits per heavy atom. The molecule has 0 radical (unpaired) electrons. The van der Waals surface area contributed by atoms with E-state index >= 15 is 0 Å². The first kappa shape index (κ1) is 34.9. The van der Waals surface area contributed by atoms with Crippen LogP contribution in [0.3, 0.4) is 0 Å². The molecule has 0 fully saturated rings. The molecule has 36 heavy (non-hydrogen) atoms. The fourth-order valence-electron chi connectivity index (χ4n) is 4.96. The van der Waals surface area contributed by atoms with Crippen LogP contribution in [0.5, 0.6) is 0 Å². The van der Waals surface area contributed by atoms with Gasteiger partial charge in [-0.2, -0.15) is 0 Å². The van der Waals surface area contributed by atoms with Crippen LogP contribution < -0.4 is 5.11 Å². The molecule has 0 amide bonds. The third-order valence-corrected chi connectivity index (χ3v) is 7.07. The van der Waals surface area contributed by atoms with Crippen molar-refractivity contribution >= 4 is 11.9 Å². The number of carbonyl (C=O) groups is 2. The molecule has 0 heterocycles. The average Bonchev–Trinajstić information content (AvgIpc) is 2.77. The molecular formula is C31H61NO4. The van der Waals surface area contributed by atoms with Gasteiger partial charge in [0.05, 0.1) is 21.1 Å². The van der Waals surface area contributed by atoms with Crippen LogP contribution in [0.1, 0.15) is 149 Å². The lowest BCUT2D eigenvalue weighted by Crippen LogP contribution is -2.45. The number of aliphatic carboxylic acids is 1. The quantitative estimate of drug-likeness (QED) is 0.0699. The number of nitrogens with zero attached hydrogens (tertiary/aromatic N) is 1. The van der Waals surface area contributed by atoms with Gasteiger partial charge in [-0.1, -0.05) is 129 Å². The van der Waals surface area contributed by atoms with E-state index in [-0.39, 0.29) is 12.4 Å². The van der Waals surface area contributed by atoms with E-state index in [1.807, 2.05) is 21.1 Å². The van der Waals surface area contributed by atoms with Gasteiger partial charge in [-0.3, -0.25) is 4.79 Å². The summed E-state index contributed by atoms with van der Waals surface area (Å²) in [6, 6.07) is 0. The number of carbonyl (C=O) groups excluding carboxylic acids is 2. The van der Waals surface area contributed by atoms with Gasteiger partial charge in [0.15, 0.2) is 6.10 Å². The van der Waals surface area contributed by atoms with Crippen molar-refractivity contribution in [2.75, 3.05) is 27.7 Å². The Morgan fingerprint density at radius 1 is 0.694 bits per heavy atom. The summed E-state index contributed by atoms with van der Waals surface area (Å²) in [5, 5.41) is 10.9. The van der Waals surface area contributed by atoms with E-state index < -0.39 is 12.1 Å². The van der Waals surface area contributed by atoms with Gasteiger partial charge in [0, 0.05) is 18.8 Å². The van der Waals surface area contributed by atoms with E-state index in [9.17, 15) is 14.7 Å². The molecule has 0 aromatic heterocycles. The number of hydrogen-bond donors (Lipinski definition) is 0. The summed E-state index contributed by atoms with van der Waals surface area (Å²) >= 11 is 0. The third-order valence-electron chi connectivity index (χ3n) is 7.07. The van der Waals surface area contributed by atoms with Gasteiger partial charge in [-0.05, 0) is 12.3 Å². The fraction of sp³-hybridized carbons (Fsp3) is 0.935. The molecule has 0 saturated heterocycles. The van der Waals surface area contributed by atoms with E-state index in [1.54, 1.807) is 0 Å². The molecule has 5 nitrogen and oxygen atoms in total. The summed E-state index contributed by atoms with van der Waals surface area (Å²) in [6.07, 6.45) is 24.7. The molecule has 214 valence electrons. The minimum atomic E-state index is -1.17. The van der Waals surface area contributed by atoms with E-state index in [0.29, 0.717) is 17.4 Å². The van der Waals surface area contributed by atoms with Crippen LogP contribution in [-0.2, 0) is 14.3 Å². The average molecular weight is 512 g/mol. The second kappa shape index (κ2) is 23.0. The monoisotopic (exact) mass is 511 g/mol. The van der Waals surface area contributed by atoms with Gasteiger partial charge in [-0.25, -0.2) is 0 Å².